The minimum absolute atomic E-state index is 0.149. The molecular weight excluding hydrogens is 275 g/mol. The molecule has 0 amide bonds. The van der Waals surface area contributed by atoms with E-state index in [0.29, 0.717) is 0 Å². The third-order valence-electron chi connectivity index (χ3n) is 5.71. The van der Waals surface area contributed by atoms with E-state index in [1.54, 1.807) is 12.1 Å². The molecule has 0 N–H and O–H groups in total. The van der Waals surface area contributed by atoms with Gasteiger partial charge >= 0.3 is 0 Å². The lowest BCUT2D eigenvalue weighted by molar-refractivity contribution is 0.117. The summed E-state index contributed by atoms with van der Waals surface area (Å²) in [6.45, 7) is 9.16. The first-order valence-corrected chi connectivity index (χ1v) is 8.88. The summed E-state index contributed by atoms with van der Waals surface area (Å²) in [4.78, 5) is 5.08. The summed E-state index contributed by atoms with van der Waals surface area (Å²) < 4.78 is 13.0. The van der Waals surface area contributed by atoms with Crippen LogP contribution in [-0.2, 0) is 0 Å². The van der Waals surface area contributed by atoms with Gasteiger partial charge in [-0.1, -0.05) is 13.8 Å². The van der Waals surface area contributed by atoms with Crippen LogP contribution in [-0.4, -0.2) is 37.1 Å². The summed E-state index contributed by atoms with van der Waals surface area (Å²) in [5.41, 5.74) is 1.16. The molecular formula is C19H29FN2. The lowest BCUT2D eigenvalue weighted by atomic mass is 9.79. The topological polar surface area (TPSA) is 6.48 Å². The Bertz CT molecular complexity index is 455. The monoisotopic (exact) mass is 304 g/mol. The molecule has 0 atom stereocenters. The zero-order valence-corrected chi connectivity index (χ0v) is 14.0. The van der Waals surface area contributed by atoms with Crippen LogP contribution in [0.5, 0.6) is 0 Å². The molecule has 1 aromatic rings. The van der Waals surface area contributed by atoms with E-state index in [1.807, 2.05) is 12.1 Å². The van der Waals surface area contributed by atoms with Crippen LogP contribution >= 0.6 is 0 Å². The molecule has 1 heterocycles. The standard InChI is InChI=1S/C19H29FN2/c1-15(2)16-3-7-18(8-4-16)21-11-13-22(14-12-21)19-9-5-17(20)6-10-19/h5-6,9-10,15-16,18H,3-4,7-8,11-14H2,1-2H3/t16-,18-. The van der Waals surface area contributed by atoms with Gasteiger partial charge in [0.1, 0.15) is 5.82 Å². The molecule has 1 saturated carbocycles. The molecule has 1 aromatic carbocycles. The van der Waals surface area contributed by atoms with Gasteiger partial charge < -0.3 is 4.90 Å². The Morgan fingerprint density at radius 2 is 1.50 bits per heavy atom. The highest BCUT2D eigenvalue weighted by molar-refractivity contribution is 5.46. The molecule has 3 heteroatoms. The maximum Gasteiger partial charge on any atom is 0.123 e. The Labute approximate surface area is 134 Å². The van der Waals surface area contributed by atoms with E-state index >= 15 is 0 Å². The largest absolute Gasteiger partial charge is 0.369 e. The minimum atomic E-state index is -0.149. The first-order chi connectivity index (χ1) is 10.6. The number of piperazine rings is 1. The molecule has 1 aliphatic heterocycles. The summed E-state index contributed by atoms with van der Waals surface area (Å²) in [6, 6.07) is 7.73. The maximum absolute atomic E-state index is 13.0. The van der Waals surface area contributed by atoms with Gasteiger partial charge in [0.25, 0.3) is 0 Å². The molecule has 22 heavy (non-hydrogen) atoms. The number of rotatable bonds is 3. The lowest BCUT2D eigenvalue weighted by Gasteiger charge is -2.43. The zero-order chi connectivity index (χ0) is 15.5. The highest BCUT2D eigenvalue weighted by atomic mass is 19.1. The average Bonchev–Trinajstić information content (AvgIpc) is 2.56. The second-order valence-electron chi connectivity index (χ2n) is 7.31. The van der Waals surface area contributed by atoms with E-state index in [4.69, 9.17) is 0 Å². The molecule has 2 nitrogen and oxygen atoms in total. The summed E-state index contributed by atoms with van der Waals surface area (Å²) in [7, 11) is 0. The summed E-state index contributed by atoms with van der Waals surface area (Å²) in [6.07, 6.45) is 5.56. The van der Waals surface area contributed by atoms with Gasteiger partial charge in [0.2, 0.25) is 0 Å². The van der Waals surface area contributed by atoms with E-state index in [0.717, 1.165) is 49.7 Å². The fraction of sp³-hybridized carbons (Fsp3) is 0.684. The third kappa shape index (κ3) is 3.62. The van der Waals surface area contributed by atoms with Crippen LogP contribution < -0.4 is 4.90 Å². The van der Waals surface area contributed by atoms with Gasteiger partial charge in [-0.2, -0.15) is 0 Å². The predicted octanol–water partition coefficient (Wildman–Crippen LogP) is 4.16. The molecule has 0 radical (unpaired) electrons. The Morgan fingerprint density at radius 1 is 0.909 bits per heavy atom. The van der Waals surface area contributed by atoms with Crippen LogP contribution in [0.25, 0.3) is 0 Å². The molecule has 122 valence electrons. The van der Waals surface area contributed by atoms with Crippen molar-refractivity contribution >= 4 is 5.69 Å². The fourth-order valence-corrected chi connectivity index (χ4v) is 4.13. The van der Waals surface area contributed by atoms with Crippen LogP contribution in [0, 0.1) is 17.7 Å². The van der Waals surface area contributed by atoms with E-state index < -0.39 is 0 Å². The second kappa shape index (κ2) is 6.99. The van der Waals surface area contributed by atoms with Gasteiger partial charge in [0.05, 0.1) is 0 Å². The van der Waals surface area contributed by atoms with Crippen molar-refractivity contribution in [1.29, 1.82) is 0 Å². The first kappa shape index (κ1) is 15.8. The van der Waals surface area contributed by atoms with Gasteiger partial charge in [0, 0.05) is 37.9 Å². The van der Waals surface area contributed by atoms with Crippen LogP contribution in [0.1, 0.15) is 39.5 Å². The molecule has 1 aliphatic carbocycles. The second-order valence-corrected chi connectivity index (χ2v) is 7.31. The van der Waals surface area contributed by atoms with Gasteiger partial charge in [0.15, 0.2) is 0 Å². The van der Waals surface area contributed by atoms with Crippen LogP contribution in [0.2, 0.25) is 0 Å². The highest BCUT2D eigenvalue weighted by Gasteiger charge is 2.29. The number of anilines is 1. The Morgan fingerprint density at radius 3 is 2.05 bits per heavy atom. The number of benzene rings is 1. The van der Waals surface area contributed by atoms with E-state index in [9.17, 15) is 4.39 Å². The molecule has 2 aliphatic rings. The van der Waals surface area contributed by atoms with Gasteiger partial charge in [-0.15, -0.1) is 0 Å². The third-order valence-corrected chi connectivity index (χ3v) is 5.71. The Balaban J connectivity index is 1.49. The fourth-order valence-electron chi connectivity index (χ4n) is 4.13. The summed E-state index contributed by atoms with van der Waals surface area (Å²) in [5.74, 6) is 1.64. The van der Waals surface area contributed by atoms with Gasteiger partial charge in [-0.25, -0.2) is 4.39 Å². The Kier molecular flexibility index (Phi) is 5.02. The maximum atomic E-state index is 13.0. The van der Waals surface area contributed by atoms with Crippen molar-refractivity contribution < 1.29 is 4.39 Å². The van der Waals surface area contributed by atoms with Crippen LogP contribution in [0.15, 0.2) is 24.3 Å². The molecule has 0 bridgehead atoms. The summed E-state index contributed by atoms with van der Waals surface area (Å²) in [5, 5.41) is 0. The molecule has 0 aromatic heterocycles. The lowest BCUT2D eigenvalue weighted by Crippen LogP contribution is -2.51. The van der Waals surface area contributed by atoms with Crippen molar-refractivity contribution in [2.45, 2.75) is 45.6 Å². The van der Waals surface area contributed by atoms with E-state index in [-0.39, 0.29) is 5.82 Å². The van der Waals surface area contributed by atoms with E-state index in [2.05, 4.69) is 23.6 Å². The smallest absolute Gasteiger partial charge is 0.123 e. The molecule has 0 spiro atoms. The van der Waals surface area contributed by atoms with Crippen molar-refractivity contribution in [3.05, 3.63) is 30.1 Å². The van der Waals surface area contributed by atoms with Crippen molar-refractivity contribution in [2.75, 3.05) is 31.1 Å². The number of halogens is 1. The zero-order valence-electron chi connectivity index (χ0n) is 14.0. The molecule has 0 unspecified atom stereocenters. The van der Waals surface area contributed by atoms with Crippen LogP contribution in [0.4, 0.5) is 10.1 Å². The van der Waals surface area contributed by atoms with Gasteiger partial charge in [-0.05, 0) is 61.8 Å². The SMILES string of the molecule is CC(C)[C@H]1CC[C@H](N2CCN(c3ccc(F)cc3)CC2)CC1. The van der Waals surface area contributed by atoms with Crippen molar-refractivity contribution in [3.63, 3.8) is 0 Å². The number of nitrogens with zero attached hydrogens (tertiary/aromatic N) is 2. The highest BCUT2D eigenvalue weighted by Crippen LogP contribution is 2.32. The quantitative estimate of drug-likeness (QED) is 0.827. The minimum Gasteiger partial charge on any atom is -0.369 e. The van der Waals surface area contributed by atoms with Crippen molar-refractivity contribution in [3.8, 4) is 0 Å². The number of hydrogen-bond donors (Lipinski definition) is 0. The predicted molar refractivity (Wildman–Crippen MR) is 90.8 cm³/mol. The molecule has 2 fully saturated rings. The summed E-state index contributed by atoms with van der Waals surface area (Å²) >= 11 is 0. The van der Waals surface area contributed by atoms with E-state index in [1.165, 1.54) is 25.7 Å². The van der Waals surface area contributed by atoms with Crippen molar-refractivity contribution in [2.24, 2.45) is 11.8 Å². The molecule has 3 rings (SSSR count). The van der Waals surface area contributed by atoms with Gasteiger partial charge in [-0.3, -0.25) is 4.90 Å². The number of hydrogen-bond acceptors (Lipinski definition) is 2. The van der Waals surface area contributed by atoms with Crippen molar-refractivity contribution in [1.82, 2.24) is 4.90 Å². The molecule has 1 saturated heterocycles. The van der Waals surface area contributed by atoms with Crippen LogP contribution in [0.3, 0.4) is 0 Å². The average molecular weight is 304 g/mol. The first-order valence-electron chi connectivity index (χ1n) is 8.88. The Hall–Kier alpha value is -1.09. The normalized spacial score (nSPS) is 27.4.